The summed E-state index contributed by atoms with van der Waals surface area (Å²) >= 11 is 0. The molecular weight excluding hydrogens is 204 g/mol. The Hall–Kier alpha value is -1.61. The van der Waals surface area contributed by atoms with Crippen molar-refractivity contribution in [1.82, 2.24) is 0 Å². The van der Waals surface area contributed by atoms with E-state index in [1.807, 2.05) is 0 Å². The van der Waals surface area contributed by atoms with E-state index < -0.39 is 11.6 Å². The van der Waals surface area contributed by atoms with Crippen LogP contribution in [0.25, 0.3) is 6.08 Å². The quantitative estimate of drug-likeness (QED) is 0.626. The normalized spacial score (nSPS) is 10.9. The second-order valence-electron chi connectivity index (χ2n) is 4.24. The molecular formula is C13H16O3. The van der Waals surface area contributed by atoms with Gasteiger partial charge in [0.25, 0.3) is 0 Å². The van der Waals surface area contributed by atoms with E-state index in [0.717, 1.165) is 5.56 Å². The van der Waals surface area contributed by atoms with Crippen LogP contribution >= 0.6 is 0 Å². The van der Waals surface area contributed by atoms with E-state index >= 15 is 0 Å². The summed E-state index contributed by atoms with van der Waals surface area (Å²) < 4.78 is 5.06. The van der Waals surface area contributed by atoms with E-state index in [4.69, 9.17) is 4.74 Å². The highest BCUT2D eigenvalue weighted by Crippen LogP contribution is 2.15. The van der Waals surface area contributed by atoms with E-state index in [9.17, 15) is 9.90 Å². The first-order valence-electron chi connectivity index (χ1n) is 5.06. The van der Waals surface area contributed by atoms with E-state index in [1.54, 1.807) is 44.2 Å². The van der Waals surface area contributed by atoms with Crippen molar-refractivity contribution < 1.29 is 14.6 Å². The molecule has 1 N–H and O–H groups in total. The number of ether oxygens (including phenoxy) is 1. The zero-order chi connectivity index (χ0) is 12.2. The molecule has 0 fully saturated rings. The fourth-order valence-electron chi connectivity index (χ4n) is 1.19. The van der Waals surface area contributed by atoms with Gasteiger partial charge in [-0.15, -0.1) is 0 Å². The lowest BCUT2D eigenvalue weighted by molar-refractivity contribution is -0.138. The van der Waals surface area contributed by atoms with Crippen LogP contribution in [0.2, 0.25) is 0 Å². The lowest BCUT2D eigenvalue weighted by atomic mass is 10.1. The molecule has 0 aliphatic heterocycles. The molecule has 0 saturated heterocycles. The predicted molar refractivity (Wildman–Crippen MR) is 63.1 cm³/mol. The first kappa shape index (κ1) is 12.5. The molecule has 0 radical (unpaired) electrons. The van der Waals surface area contributed by atoms with Gasteiger partial charge in [0.15, 0.2) is 0 Å². The van der Waals surface area contributed by atoms with Crippen molar-refractivity contribution >= 4 is 12.0 Å². The average molecular weight is 220 g/mol. The van der Waals surface area contributed by atoms with Crippen LogP contribution in [-0.2, 0) is 4.79 Å². The minimum atomic E-state index is -1.04. The summed E-state index contributed by atoms with van der Waals surface area (Å²) in [6.07, 6.45) is 1.68. The standard InChI is InChI=1S/C13H16O3/c1-4-10-5-7-11(8-6-10)16-12(14)9-13(2,3)15/h4-8,15H,1,9H2,2-3H3. The van der Waals surface area contributed by atoms with Gasteiger partial charge in [0.1, 0.15) is 5.75 Å². The van der Waals surface area contributed by atoms with Crippen LogP contribution in [0.3, 0.4) is 0 Å². The van der Waals surface area contributed by atoms with Gasteiger partial charge in [-0.05, 0) is 31.5 Å². The zero-order valence-corrected chi connectivity index (χ0v) is 9.56. The topological polar surface area (TPSA) is 46.5 Å². The van der Waals surface area contributed by atoms with Crippen molar-refractivity contribution in [3.63, 3.8) is 0 Å². The van der Waals surface area contributed by atoms with Crippen LogP contribution in [0.4, 0.5) is 0 Å². The van der Waals surface area contributed by atoms with Gasteiger partial charge in [-0.1, -0.05) is 24.8 Å². The molecule has 0 amide bonds. The van der Waals surface area contributed by atoms with E-state index in [2.05, 4.69) is 6.58 Å². The molecule has 0 saturated carbocycles. The minimum absolute atomic E-state index is 0.0315. The molecule has 0 bridgehead atoms. The molecule has 86 valence electrons. The third-order valence-corrected chi connectivity index (χ3v) is 1.92. The fourth-order valence-corrected chi connectivity index (χ4v) is 1.19. The summed E-state index contributed by atoms with van der Waals surface area (Å²) in [7, 11) is 0. The minimum Gasteiger partial charge on any atom is -0.426 e. The summed E-state index contributed by atoms with van der Waals surface area (Å²) in [6.45, 7) is 6.76. The molecule has 0 aromatic heterocycles. The van der Waals surface area contributed by atoms with Gasteiger partial charge in [-0.25, -0.2) is 0 Å². The molecule has 0 heterocycles. The Kier molecular flexibility index (Phi) is 3.85. The maximum Gasteiger partial charge on any atom is 0.314 e. The Labute approximate surface area is 95.4 Å². The van der Waals surface area contributed by atoms with Gasteiger partial charge in [0.2, 0.25) is 0 Å². The Morgan fingerprint density at radius 2 is 2.00 bits per heavy atom. The van der Waals surface area contributed by atoms with Crippen molar-refractivity contribution in [3.8, 4) is 5.75 Å². The van der Waals surface area contributed by atoms with Crippen LogP contribution in [0.15, 0.2) is 30.8 Å². The summed E-state index contributed by atoms with van der Waals surface area (Å²) in [5.74, 6) is 0.0266. The molecule has 1 rings (SSSR count). The van der Waals surface area contributed by atoms with Gasteiger partial charge in [0, 0.05) is 0 Å². The van der Waals surface area contributed by atoms with E-state index in [0.29, 0.717) is 5.75 Å². The van der Waals surface area contributed by atoms with Gasteiger partial charge < -0.3 is 9.84 Å². The summed E-state index contributed by atoms with van der Waals surface area (Å²) in [6, 6.07) is 7.00. The maximum absolute atomic E-state index is 11.4. The van der Waals surface area contributed by atoms with Crippen LogP contribution in [0.1, 0.15) is 25.8 Å². The number of esters is 1. The molecule has 0 atom stereocenters. The van der Waals surface area contributed by atoms with Gasteiger partial charge >= 0.3 is 5.97 Å². The first-order chi connectivity index (χ1) is 7.40. The average Bonchev–Trinajstić information content (AvgIpc) is 2.16. The predicted octanol–water partition coefficient (Wildman–Crippen LogP) is 2.40. The lowest BCUT2D eigenvalue weighted by Gasteiger charge is -2.15. The largest absolute Gasteiger partial charge is 0.426 e. The summed E-state index contributed by atoms with van der Waals surface area (Å²) in [4.78, 5) is 11.4. The Morgan fingerprint density at radius 3 is 2.44 bits per heavy atom. The molecule has 0 aliphatic rings. The zero-order valence-electron chi connectivity index (χ0n) is 9.56. The molecule has 0 aliphatic carbocycles. The second kappa shape index (κ2) is 4.94. The number of benzene rings is 1. The first-order valence-corrected chi connectivity index (χ1v) is 5.06. The van der Waals surface area contributed by atoms with Crippen LogP contribution in [-0.4, -0.2) is 16.7 Å². The van der Waals surface area contributed by atoms with Crippen molar-refractivity contribution in [2.45, 2.75) is 25.9 Å². The Balaban J connectivity index is 2.59. The van der Waals surface area contributed by atoms with Crippen LogP contribution < -0.4 is 4.74 Å². The molecule has 16 heavy (non-hydrogen) atoms. The van der Waals surface area contributed by atoms with Crippen LogP contribution in [0, 0.1) is 0 Å². The number of carbonyl (C=O) groups excluding carboxylic acids is 1. The molecule has 1 aromatic carbocycles. The highest BCUT2D eigenvalue weighted by atomic mass is 16.5. The summed E-state index contributed by atoms with van der Waals surface area (Å²) in [5, 5.41) is 9.43. The van der Waals surface area contributed by atoms with Crippen molar-refractivity contribution in [3.05, 3.63) is 36.4 Å². The molecule has 3 nitrogen and oxygen atoms in total. The number of hydrogen-bond acceptors (Lipinski definition) is 3. The SMILES string of the molecule is C=Cc1ccc(OC(=O)CC(C)(C)O)cc1. The smallest absolute Gasteiger partial charge is 0.314 e. The third kappa shape index (κ3) is 4.28. The van der Waals surface area contributed by atoms with Gasteiger partial charge in [-0.2, -0.15) is 0 Å². The molecule has 0 unspecified atom stereocenters. The molecule has 0 spiro atoms. The highest BCUT2D eigenvalue weighted by molar-refractivity contribution is 5.73. The van der Waals surface area contributed by atoms with Gasteiger partial charge in [0.05, 0.1) is 12.0 Å². The third-order valence-electron chi connectivity index (χ3n) is 1.92. The number of hydrogen-bond donors (Lipinski definition) is 1. The lowest BCUT2D eigenvalue weighted by Crippen LogP contribution is -2.25. The van der Waals surface area contributed by atoms with E-state index in [-0.39, 0.29) is 6.42 Å². The number of carbonyl (C=O) groups is 1. The maximum atomic E-state index is 11.4. The highest BCUT2D eigenvalue weighted by Gasteiger charge is 2.19. The van der Waals surface area contributed by atoms with Crippen molar-refractivity contribution in [1.29, 1.82) is 0 Å². The number of rotatable bonds is 4. The molecule has 1 aromatic rings. The van der Waals surface area contributed by atoms with Gasteiger partial charge in [-0.3, -0.25) is 4.79 Å². The van der Waals surface area contributed by atoms with Crippen molar-refractivity contribution in [2.75, 3.05) is 0 Å². The van der Waals surface area contributed by atoms with Crippen molar-refractivity contribution in [2.24, 2.45) is 0 Å². The van der Waals surface area contributed by atoms with E-state index in [1.165, 1.54) is 0 Å². The monoisotopic (exact) mass is 220 g/mol. The van der Waals surface area contributed by atoms with Crippen LogP contribution in [0.5, 0.6) is 5.75 Å². The molecule has 3 heteroatoms. The fraction of sp³-hybridized carbons (Fsp3) is 0.308. The second-order valence-corrected chi connectivity index (χ2v) is 4.24. The Morgan fingerprint density at radius 1 is 1.44 bits per heavy atom. The Bertz CT molecular complexity index is 371. The summed E-state index contributed by atoms with van der Waals surface area (Å²) in [5.41, 5.74) is -0.0831. The number of aliphatic hydroxyl groups is 1.